The summed E-state index contributed by atoms with van der Waals surface area (Å²) in [6.45, 7) is 6.59. The normalized spacial score (nSPS) is 12.1. The van der Waals surface area contributed by atoms with Gasteiger partial charge in [0.05, 0.1) is 50.4 Å². The van der Waals surface area contributed by atoms with Crippen molar-refractivity contribution < 1.29 is 29.4 Å². The van der Waals surface area contributed by atoms with Crippen molar-refractivity contribution >= 4 is 52.3 Å². The van der Waals surface area contributed by atoms with E-state index in [1.54, 1.807) is 12.1 Å². The third-order valence-corrected chi connectivity index (χ3v) is 12.1. The Hall–Kier alpha value is -6.43. The van der Waals surface area contributed by atoms with Crippen LogP contribution in [0.15, 0.2) is 121 Å². The molecule has 296 valence electrons. The maximum absolute atomic E-state index is 12.1. The number of carboxylic acid groups (broad SMARTS) is 1. The third-order valence-electron chi connectivity index (χ3n) is 12.1. The molecule has 0 amide bonds. The zero-order valence-corrected chi connectivity index (χ0v) is 37.9. The Morgan fingerprint density at radius 3 is 1.10 bits per heavy atom. The molecule has 61 heavy (non-hydrogen) atoms. The molecule has 1 N–H and O–H groups in total. The molecule has 4 aromatic heterocycles. The minimum absolute atomic E-state index is 0. The van der Waals surface area contributed by atoms with Crippen LogP contribution >= 0.6 is 0 Å². The second-order valence-electron chi connectivity index (χ2n) is 16.1. The zero-order valence-electron chi connectivity index (χ0n) is 35.0. The fourth-order valence-electron chi connectivity index (χ4n) is 8.97. The van der Waals surface area contributed by atoms with Gasteiger partial charge in [0.1, 0.15) is 0 Å². The molecule has 0 spiro atoms. The number of fused-ring (bicyclic) bond motifs is 4. The first kappa shape index (κ1) is 40.0. The first-order valence-corrected chi connectivity index (χ1v) is 21.2. The van der Waals surface area contributed by atoms with Crippen molar-refractivity contribution in [1.82, 2.24) is 19.0 Å². The minimum atomic E-state index is -0.958. The number of hydrogen-bond donors (Lipinski definition) is 1. The Kier molecular flexibility index (Phi) is 10.9. The van der Waals surface area contributed by atoms with Gasteiger partial charge in [0, 0.05) is 41.7 Å². The van der Waals surface area contributed by atoms with Crippen molar-refractivity contribution in [2.75, 3.05) is 0 Å². The number of hydrogen-bond acceptors (Lipinski definition) is 3. The summed E-state index contributed by atoms with van der Waals surface area (Å²) in [7, 11) is 0. The number of nitrogens with zero attached hydrogens (tertiary/aromatic N) is 4. The number of carbonyl (C=O) groups is 1. The molecule has 0 atom stereocenters. The van der Waals surface area contributed by atoms with Gasteiger partial charge in [0.25, 0.3) is 0 Å². The Labute approximate surface area is 369 Å². The molecular formula is C54H46N4O2Zn. The van der Waals surface area contributed by atoms with Crippen LogP contribution in [0.25, 0.3) is 90.9 Å². The Morgan fingerprint density at radius 1 is 0.475 bits per heavy atom. The molecule has 6 heterocycles. The Balaban J connectivity index is 0.00000476. The molecule has 0 unspecified atom stereocenters. The van der Waals surface area contributed by atoms with Gasteiger partial charge < -0.3 is 5.11 Å². The second-order valence-corrected chi connectivity index (χ2v) is 16.1. The quantitative estimate of drug-likeness (QED) is 0.132. The summed E-state index contributed by atoms with van der Waals surface area (Å²) >= 11 is 0. The van der Waals surface area contributed by atoms with Crippen LogP contribution in [0.5, 0.6) is 0 Å². The van der Waals surface area contributed by atoms with Gasteiger partial charge in [-0.05, 0) is 127 Å². The second kappa shape index (κ2) is 16.6. The molecule has 0 saturated carbocycles. The van der Waals surface area contributed by atoms with Crippen molar-refractivity contribution in [2.24, 2.45) is 0 Å². The summed E-state index contributed by atoms with van der Waals surface area (Å²) in [5, 5.41) is 9.88. The van der Waals surface area contributed by atoms with Crippen LogP contribution in [0.1, 0.15) is 89.4 Å². The summed E-state index contributed by atoms with van der Waals surface area (Å²) in [5.74, 6) is -0.958. The van der Waals surface area contributed by atoms with E-state index < -0.39 is 5.97 Å². The molecule has 0 fully saturated rings. The van der Waals surface area contributed by atoms with Gasteiger partial charge >= 0.3 is 5.97 Å². The molecule has 0 radical (unpaired) electrons. The molecule has 0 saturated heterocycles. The van der Waals surface area contributed by atoms with Crippen LogP contribution in [0, 0.1) is 6.92 Å². The molecule has 7 heteroatoms. The van der Waals surface area contributed by atoms with Gasteiger partial charge in [-0.15, -0.1) is 0 Å². The average molecular weight is 848 g/mol. The number of aryl methyl sites for hydroxylation is 3. The Morgan fingerprint density at radius 2 is 0.787 bits per heavy atom. The number of aromatic nitrogens is 4. The van der Waals surface area contributed by atoms with E-state index in [2.05, 4.69) is 151 Å². The van der Waals surface area contributed by atoms with E-state index in [0.717, 1.165) is 128 Å². The van der Waals surface area contributed by atoms with Crippen LogP contribution in [-0.4, -0.2) is 30.1 Å². The molecular weight excluding hydrogens is 802 g/mol. The van der Waals surface area contributed by atoms with Gasteiger partial charge in [-0.25, -0.2) is 23.8 Å². The molecule has 8 aromatic rings. The van der Waals surface area contributed by atoms with Crippen molar-refractivity contribution in [3.8, 4) is 44.5 Å². The van der Waals surface area contributed by atoms with Gasteiger partial charge in [-0.3, -0.25) is 0 Å². The maximum Gasteiger partial charge on any atom is 0.335 e. The number of carboxylic acids is 1. The van der Waals surface area contributed by atoms with E-state index >= 15 is 0 Å². The number of rotatable bonds is 11. The van der Waals surface area contributed by atoms with E-state index in [1.165, 1.54) is 16.7 Å². The molecule has 6 nitrogen and oxygen atoms in total. The third kappa shape index (κ3) is 7.11. The van der Waals surface area contributed by atoms with E-state index in [9.17, 15) is 9.90 Å². The van der Waals surface area contributed by atoms with E-state index in [0.29, 0.717) is 0 Å². The van der Waals surface area contributed by atoms with Crippen LogP contribution in [0.3, 0.4) is 0 Å². The maximum atomic E-state index is 12.1. The fraction of sp³-hybridized carbons (Fsp3) is 0.167. The van der Waals surface area contributed by atoms with Gasteiger partial charge in [0.15, 0.2) is 0 Å². The predicted molar refractivity (Wildman–Crippen MR) is 248 cm³/mol. The van der Waals surface area contributed by atoms with Gasteiger partial charge in [-0.1, -0.05) is 117 Å². The van der Waals surface area contributed by atoms with Crippen LogP contribution in [-0.2, 0) is 32.3 Å². The number of aromatic carboxylic acids is 1. The molecule has 4 aromatic carbocycles. The molecule has 0 aliphatic carbocycles. The van der Waals surface area contributed by atoms with Gasteiger partial charge in [0.2, 0.25) is 0 Å². The zero-order chi connectivity index (χ0) is 40.9. The summed E-state index contributed by atoms with van der Waals surface area (Å²) in [4.78, 5) is 23.0. The van der Waals surface area contributed by atoms with Crippen molar-refractivity contribution in [3.05, 3.63) is 166 Å². The first-order valence-electron chi connectivity index (χ1n) is 21.2. The molecule has 4 bridgehead atoms. The van der Waals surface area contributed by atoms with E-state index in [1.807, 2.05) is 12.1 Å². The predicted octanol–water partition coefficient (Wildman–Crippen LogP) is 13.6. The molecule has 10 rings (SSSR count). The SMILES string of the molecule is CCCCc1ccc(-c2c3nc(c(-c4ccc(C(=O)O)cc4)c4ccc5c(-c6ccc(CCCC)cc6)c6nc(c(-c7ccc(C)cc7)c7ccc2n7n54)C=C6)C=C3)cc1.[Zn]. The number of benzene rings is 4. The van der Waals surface area contributed by atoms with Crippen molar-refractivity contribution in [2.45, 2.75) is 59.3 Å². The molecule has 2 aliphatic rings. The van der Waals surface area contributed by atoms with Crippen molar-refractivity contribution in [1.29, 1.82) is 0 Å². The topological polar surface area (TPSA) is 71.9 Å². The summed E-state index contributed by atoms with van der Waals surface area (Å²) in [5.41, 5.74) is 19.6. The van der Waals surface area contributed by atoms with Gasteiger partial charge in [-0.2, -0.15) is 0 Å². The minimum Gasteiger partial charge on any atom is -0.478 e. The summed E-state index contributed by atoms with van der Waals surface area (Å²) in [6.07, 6.45) is 15.2. The average Bonchev–Trinajstić information content (AvgIpc) is 4.11. The van der Waals surface area contributed by atoms with Crippen LogP contribution in [0.4, 0.5) is 0 Å². The first-order chi connectivity index (χ1) is 29.4. The van der Waals surface area contributed by atoms with E-state index in [4.69, 9.17) is 9.97 Å². The van der Waals surface area contributed by atoms with Crippen LogP contribution in [0.2, 0.25) is 0 Å². The standard InChI is InChI=1S/C54H46N4O2.Zn/c1-4-6-8-35-12-18-38(19-13-35)51-43-27-26-42(55-43)50(37-16-10-34(3)11-17-37)46-30-31-47-52(39-20-14-36(15-21-39)9-7-5-2)44-28-29-45(56-44)53(40-22-24-41(25-23-40)54(59)60)49-33-32-48(51)58(49)57(46)47;/h10-33H,4-9H2,1-3H3,(H,59,60);. The fourth-order valence-corrected chi connectivity index (χ4v) is 8.97. The van der Waals surface area contributed by atoms with Crippen molar-refractivity contribution in [3.63, 3.8) is 0 Å². The largest absolute Gasteiger partial charge is 0.478 e. The number of unbranched alkanes of at least 4 members (excludes halogenated alkanes) is 2. The van der Waals surface area contributed by atoms with E-state index in [-0.39, 0.29) is 25.0 Å². The molecule has 2 aliphatic heterocycles. The van der Waals surface area contributed by atoms with Crippen LogP contribution < -0.4 is 0 Å². The summed E-state index contributed by atoms with van der Waals surface area (Å²) in [6, 6.07) is 42.9. The monoisotopic (exact) mass is 846 g/mol. The summed E-state index contributed by atoms with van der Waals surface area (Å²) < 4.78 is 4.75. The smallest absolute Gasteiger partial charge is 0.335 e. The Bertz CT molecular complexity index is 3070.